The maximum atomic E-state index is 13.1. The topological polar surface area (TPSA) is 58.6 Å². The molecule has 5 rings (SSSR count). The zero-order valence-electron chi connectivity index (χ0n) is 18.5. The molecule has 0 radical (unpaired) electrons. The van der Waals surface area contributed by atoms with Gasteiger partial charge in [-0.25, -0.2) is 4.98 Å². The Hall–Kier alpha value is -3.41. The van der Waals surface area contributed by atoms with Gasteiger partial charge in [0.2, 0.25) is 11.8 Å². The molecule has 0 bridgehead atoms. The van der Waals surface area contributed by atoms with Crippen molar-refractivity contribution in [2.45, 2.75) is 39.2 Å². The molecule has 0 unspecified atom stereocenters. The summed E-state index contributed by atoms with van der Waals surface area (Å²) < 4.78 is 6.28. The van der Waals surface area contributed by atoms with Crippen LogP contribution in [0.25, 0.3) is 0 Å². The van der Waals surface area contributed by atoms with E-state index in [-0.39, 0.29) is 5.91 Å². The molecule has 32 heavy (non-hydrogen) atoms. The number of carbonyl (C=O) groups excluding carboxylic acids is 1. The van der Waals surface area contributed by atoms with Crippen molar-refractivity contribution in [3.63, 3.8) is 0 Å². The smallest absolute Gasteiger partial charge is 0.254 e. The van der Waals surface area contributed by atoms with E-state index in [0.29, 0.717) is 31.0 Å². The molecule has 3 aromatic rings. The number of fused-ring (bicyclic) bond motifs is 1. The van der Waals surface area contributed by atoms with Gasteiger partial charge in [-0.15, -0.1) is 0 Å². The van der Waals surface area contributed by atoms with E-state index in [0.717, 1.165) is 48.9 Å². The Bertz CT molecular complexity index is 1090. The molecule has 0 spiro atoms. The fourth-order valence-corrected chi connectivity index (χ4v) is 4.35. The van der Waals surface area contributed by atoms with Crippen LogP contribution in [0.2, 0.25) is 0 Å². The lowest BCUT2D eigenvalue weighted by atomic mass is 10.0. The van der Waals surface area contributed by atoms with Crippen molar-refractivity contribution in [3.8, 4) is 11.6 Å². The largest absolute Gasteiger partial charge is 0.438 e. The number of ether oxygens (including phenoxy) is 1. The second-order valence-corrected chi connectivity index (χ2v) is 8.56. The molecule has 0 saturated carbocycles. The quantitative estimate of drug-likeness (QED) is 0.599. The van der Waals surface area contributed by atoms with Crippen LogP contribution in [0.1, 0.15) is 46.4 Å². The lowest BCUT2D eigenvalue weighted by molar-refractivity contribution is 0.0732. The summed E-state index contributed by atoms with van der Waals surface area (Å²) in [4.78, 5) is 27.0. The molecule has 1 fully saturated rings. The molecule has 1 amide bonds. The number of hydrogen-bond donors (Lipinski definition) is 0. The van der Waals surface area contributed by atoms with Crippen LogP contribution in [0.5, 0.6) is 11.6 Å². The van der Waals surface area contributed by atoms with Crippen molar-refractivity contribution >= 4 is 11.9 Å². The van der Waals surface area contributed by atoms with Crippen LogP contribution in [0.4, 0.5) is 5.95 Å². The van der Waals surface area contributed by atoms with Gasteiger partial charge in [-0.3, -0.25) is 4.79 Å². The Labute approximate surface area is 188 Å². The number of benzene rings is 2. The molecular formula is C26H28N4O2. The molecule has 2 aliphatic rings. The first kappa shape index (κ1) is 20.5. The predicted octanol–water partition coefficient (Wildman–Crippen LogP) is 4.77. The van der Waals surface area contributed by atoms with Gasteiger partial charge in [0.15, 0.2) is 0 Å². The van der Waals surface area contributed by atoms with Gasteiger partial charge in [0, 0.05) is 31.6 Å². The molecule has 164 valence electrons. The normalized spacial score (nSPS) is 15.9. The molecule has 1 aromatic heterocycles. The van der Waals surface area contributed by atoms with E-state index < -0.39 is 0 Å². The van der Waals surface area contributed by atoms with Gasteiger partial charge in [-0.1, -0.05) is 35.9 Å². The van der Waals surface area contributed by atoms with Crippen LogP contribution in [0.15, 0.2) is 54.6 Å². The van der Waals surface area contributed by atoms with E-state index in [1.165, 1.54) is 12.0 Å². The molecule has 3 heterocycles. The monoisotopic (exact) mass is 428 g/mol. The summed E-state index contributed by atoms with van der Waals surface area (Å²) in [6.45, 7) is 5.09. The second kappa shape index (κ2) is 8.99. The Morgan fingerprint density at radius 2 is 1.66 bits per heavy atom. The Morgan fingerprint density at radius 1 is 0.906 bits per heavy atom. The number of rotatable bonds is 4. The molecule has 0 N–H and O–H groups in total. The van der Waals surface area contributed by atoms with E-state index in [1.807, 2.05) is 59.5 Å². The van der Waals surface area contributed by atoms with Gasteiger partial charge in [-0.2, -0.15) is 4.98 Å². The number of amides is 1. The van der Waals surface area contributed by atoms with Crippen LogP contribution in [-0.2, 0) is 13.0 Å². The van der Waals surface area contributed by atoms with Crippen LogP contribution >= 0.6 is 0 Å². The first-order valence-electron chi connectivity index (χ1n) is 11.4. The van der Waals surface area contributed by atoms with Crippen molar-refractivity contribution in [3.05, 3.63) is 77.0 Å². The maximum absolute atomic E-state index is 13.1. The molecule has 1 saturated heterocycles. The van der Waals surface area contributed by atoms with Crippen molar-refractivity contribution in [1.29, 1.82) is 0 Å². The Balaban J connectivity index is 1.48. The van der Waals surface area contributed by atoms with Gasteiger partial charge in [0.1, 0.15) is 5.75 Å². The SMILES string of the molecule is Cc1ccc(Oc2nc(N3CCCCC3)nc3c2CN(C(=O)c2ccccc2)CC3)cc1. The minimum absolute atomic E-state index is 0.0256. The van der Waals surface area contributed by atoms with Crippen molar-refractivity contribution < 1.29 is 9.53 Å². The van der Waals surface area contributed by atoms with E-state index in [9.17, 15) is 4.79 Å². The Morgan fingerprint density at radius 3 is 2.41 bits per heavy atom. The Kier molecular flexibility index (Phi) is 5.75. The van der Waals surface area contributed by atoms with E-state index in [4.69, 9.17) is 14.7 Å². The third-order valence-corrected chi connectivity index (χ3v) is 6.19. The molecule has 2 aromatic carbocycles. The number of aromatic nitrogens is 2. The number of aryl methyl sites for hydroxylation is 1. The standard InChI is InChI=1S/C26H28N4O2/c1-19-10-12-21(13-11-19)32-24-22-18-30(25(31)20-8-4-2-5-9-20)17-14-23(22)27-26(28-24)29-15-6-3-7-16-29/h2,4-5,8-13H,3,6-7,14-18H2,1H3. The van der Waals surface area contributed by atoms with Crippen LogP contribution < -0.4 is 9.64 Å². The summed E-state index contributed by atoms with van der Waals surface area (Å²) in [6, 6.07) is 17.4. The number of piperidine rings is 1. The van der Waals surface area contributed by atoms with E-state index in [1.54, 1.807) is 0 Å². The van der Waals surface area contributed by atoms with Crippen LogP contribution in [-0.4, -0.2) is 40.4 Å². The summed E-state index contributed by atoms with van der Waals surface area (Å²) in [7, 11) is 0. The molecule has 2 aliphatic heterocycles. The maximum Gasteiger partial charge on any atom is 0.254 e. The van der Waals surface area contributed by atoms with Gasteiger partial charge in [0.05, 0.1) is 17.8 Å². The third kappa shape index (κ3) is 4.31. The fraction of sp³-hybridized carbons (Fsp3) is 0.346. The summed E-state index contributed by atoms with van der Waals surface area (Å²) in [5, 5.41) is 0. The zero-order valence-corrected chi connectivity index (χ0v) is 18.5. The molecule has 0 aliphatic carbocycles. The van der Waals surface area contributed by atoms with Gasteiger partial charge in [0.25, 0.3) is 5.91 Å². The number of anilines is 1. The fourth-order valence-electron chi connectivity index (χ4n) is 4.35. The zero-order chi connectivity index (χ0) is 21.9. The second-order valence-electron chi connectivity index (χ2n) is 8.56. The summed E-state index contributed by atoms with van der Waals surface area (Å²) >= 11 is 0. The summed E-state index contributed by atoms with van der Waals surface area (Å²) in [5.41, 5.74) is 3.76. The van der Waals surface area contributed by atoms with Crippen molar-refractivity contribution in [2.75, 3.05) is 24.5 Å². The average Bonchev–Trinajstić information content (AvgIpc) is 2.85. The molecule has 6 nitrogen and oxygen atoms in total. The van der Waals surface area contributed by atoms with Gasteiger partial charge >= 0.3 is 0 Å². The lowest BCUT2D eigenvalue weighted by Crippen LogP contribution is -2.37. The van der Waals surface area contributed by atoms with Crippen molar-refractivity contribution in [2.24, 2.45) is 0 Å². The first-order valence-corrected chi connectivity index (χ1v) is 11.4. The van der Waals surface area contributed by atoms with Crippen LogP contribution in [0, 0.1) is 6.92 Å². The first-order chi connectivity index (χ1) is 15.7. The van der Waals surface area contributed by atoms with Gasteiger partial charge < -0.3 is 14.5 Å². The average molecular weight is 429 g/mol. The molecule has 6 heteroatoms. The van der Waals surface area contributed by atoms with Crippen molar-refractivity contribution in [1.82, 2.24) is 14.9 Å². The van der Waals surface area contributed by atoms with E-state index >= 15 is 0 Å². The molecule has 0 atom stereocenters. The van der Waals surface area contributed by atoms with Crippen LogP contribution in [0.3, 0.4) is 0 Å². The summed E-state index contributed by atoms with van der Waals surface area (Å²) in [6.07, 6.45) is 4.27. The third-order valence-electron chi connectivity index (χ3n) is 6.19. The highest BCUT2D eigenvalue weighted by atomic mass is 16.5. The number of nitrogens with zero attached hydrogens (tertiary/aromatic N) is 4. The molecular weight excluding hydrogens is 400 g/mol. The van der Waals surface area contributed by atoms with Gasteiger partial charge in [-0.05, 0) is 50.5 Å². The lowest BCUT2D eigenvalue weighted by Gasteiger charge is -2.32. The van der Waals surface area contributed by atoms with E-state index in [2.05, 4.69) is 11.8 Å². The number of hydrogen-bond acceptors (Lipinski definition) is 5. The minimum Gasteiger partial charge on any atom is -0.438 e. The highest BCUT2D eigenvalue weighted by molar-refractivity contribution is 5.94. The highest BCUT2D eigenvalue weighted by Gasteiger charge is 2.28. The highest BCUT2D eigenvalue weighted by Crippen LogP contribution is 2.32. The predicted molar refractivity (Wildman–Crippen MR) is 124 cm³/mol. The number of carbonyl (C=O) groups is 1. The minimum atomic E-state index is 0.0256. The summed E-state index contributed by atoms with van der Waals surface area (Å²) in [5.74, 6) is 2.07.